The largest absolute Gasteiger partial charge is 0.485 e. The Morgan fingerprint density at radius 1 is 0.897 bits per heavy atom. The van der Waals surface area contributed by atoms with Crippen LogP contribution in [0.5, 0.6) is 11.5 Å². The SMILES string of the molecule is O=C([C@H]1COc2ccccc2O1)N1CCN(c2cc(N3CCCC3)ncn2)CC1. The highest BCUT2D eigenvalue weighted by Gasteiger charge is 2.33. The second-order valence-electron chi connectivity index (χ2n) is 7.61. The van der Waals surface area contributed by atoms with E-state index in [1.165, 1.54) is 12.8 Å². The third kappa shape index (κ3) is 3.66. The first-order valence-electron chi connectivity index (χ1n) is 10.3. The van der Waals surface area contributed by atoms with E-state index >= 15 is 0 Å². The molecule has 4 heterocycles. The molecule has 0 aliphatic carbocycles. The molecule has 8 heteroatoms. The molecular formula is C21H25N5O3. The first-order chi connectivity index (χ1) is 14.3. The predicted octanol–water partition coefficient (Wildman–Crippen LogP) is 1.57. The zero-order chi connectivity index (χ0) is 19.6. The summed E-state index contributed by atoms with van der Waals surface area (Å²) < 4.78 is 11.6. The summed E-state index contributed by atoms with van der Waals surface area (Å²) in [5, 5.41) is 0. The average molecular weight is 395 g/mol. The van der Waals surface area contributed by atoms with Crippen molar-refractivity contribution in [1.29, 1.82) is 0 Å². The van der Waals surface area contributed by atoms with Crippen molar-refractivity contribution in [1.82, 2.24) is 14.9 Å². The lowest BCUT2D eigenvalue weighted by atomic mass is 10.2. The topological polar surface area (TPSA) is 71.0 Å². The van der Waals surface area contributed by atoms with Gasteiger partial charge in [-0.2, -0.15) is 0 Å². The number of nitrogens with zero attached hydrogens (tertiary/aromatic N) is 5. The molecular weight excluding hydrogens is 370 g/mol. The van der Waals surface area contributed by atoms with Gasteiger partial charge in [0.15, 0.2) is 11.5 Å². The number of rotatable bonds is 3. The van der Waals surface area contributed by atoms with Gasteiger partial charge in [0.25, 0.3) is 5.91 Å². The van der Waals surface area contributed by atoms with Crippen LogP contribution in [0.4, 0.5) is 11.6 Å². The van der Waals surface area contributed by atoms with Crippen molar-refractivity contribution in [2.75, 3.05) is 55.7 Å². The number of fused-ring (bicyclic) bond motifs is 1. The minimum atomic E-state index is -0.586. The number of para-hydroxylation sites is 2. The number of carbonyl (C=O) groups is 1. The molecule has 1 atom stereocenters. The number of amides is 1. The standard InChI is InChI=1S/C21H25N5O3/c27-21(18-14-28-16-5-1-2-6-17(16)29-18)26-11-9-25(10-12-26)20-13-19(22-15-23-20)24-7-3-4-8-24/h1-2,5-6,13,15,18H,3-4,7-12,14H2/t18-/m1/s1. The van der Waals surface area contributed by atoms with Crippen molar-refractivity contribution >= 4 is 17.5 Å². The Morgan fingerprint density at radius 3 is 2.28 bits per heavy atom. The summed E-state index contributed by atoms with van der Waals surface area (Å²) in [6, 6.07) is 9.53. The van der Waals surface area contributed by atoms with E-state index in [4.69, 9.17) is 9.47 Å². The van der Waals surface area contributed by atoms with E-state index in [0.29, 0.717) is 24.6 Å². The van der Waals surface area contributed by atoms with Gasteiger partial charge in [-0.15, -0.1) is 0 Å². The zero-order valence-corrected chi connectivity index (χ0v) is 16.4. The van der Waals surface area contributed by atoms with E-state index in [1.54, 1.807) is 6.33 Å². The average Bonchev–Trinajstić information content (AvgIpc) is 3.34. The van der Waals surface area contributed by atoms with E-state index in [1.807, 2.05) is 29.2 Å². The number of benzene rings is 1. The zero-order valence-electron chi connectivity index (χ0n) is 16.4. The number of hydrogen-bond acceptors (Lipinski definition) is 7. The Labute approximate surface area is 170 Å². The molecule has 152 valence electrons. The van der Waals surface area contributed by atoms with Crippen molar-refractivity contribution in [2.45, 2.75) is 18.9 Å². The molecule has 0 bridgehead atoms. The molecule has 2 fully saturated rings. The second-order valence-corrected chi connectivity index (χ2v) is 7.61. The Hall–Kier alpha value is -3.03. The predicted molar refractivity (Wildman–Crippen MR) is 109 cm³/mol. The summed E-state index contributed by atoms with van der Waals surface area (Å²) in [7, 11) is 0. The Balaban J connectivity index is 1.20. The molecule has 1 aromatic carbocycles. The van der Waals surface area contributed by atoms with E-state index in [0.717, 1.165) is 37.8 Å². The Kier molecular flexibility index (Phi) is 4.83. The maximum absolute atomic E-state index is 12.9. The number of piperazine rings is 1. The fourth-order valence-electron chi connectivity index (χ4n) is 4.13. The van der Waals surface area contributed by atoms with Gasteiger partial charge in [-0.05, 0) is 25.0 Å². The van der Waals surface area contributed by atoms with Gasteiger partial charge in [-0.25, -0.2) is 9.97 Å². The molecule has 0 spiro atoms. The molecule has 29 heavy (non-hydrogen) atoms. The van der Waals surface area contributed by atoms with E-state index in [-0.39, 0.29) is 12.5 Å². The second kappa shape index (κ2) is 7.77. The van der Waals surface area contributed by atoms with Gasteiger partial charge < -0.3 is 24.2 Å². The number of hydrogen-bond donors (Lipinski definition) is 0. The first kappa shape index (κ1) is 18.0. The van der Waals surface area contributed by atoms with E-state index in [2.05, 4.69) is 25.8 Å². The van der Waals surface area contributed by atoms with Crippen LogP contribution in [-0.2, 0) is 4.79 Å². The van der Waals surface area contributed by atoms with Crippen LogP contribution in [0.15, 0.2) is 36.7 Å². The van der Waals surface area contributed by atoms with Crippen LogP contribution in [0, 0.1) is 0 Å². The van der Waals surface area contributed by atoms with Gasteiger partial charge in [-0.3, -0.25) is 4.79 Å². The van der Waals surface area contributed by atoms with Crippen molar-refractivity contribution in [3.63, 3.8) is 0 Å². The smallest absolute Gasteiger partial charge is 0.267 e. The number of aromatic nitrogens is 2. The molecule has 3 aliphatic rings. The van der Waals surface area contributed by atoms with Gasteiger partial charge in [0.05, 0.1) is 0 Å². The summed E-state index contributed by atoms with van der Waals surface area (Å²) >= 11 is 0. The highest BCUT2D eigenvalue weighted by molar-refractivity contribution is 5.82. The summed E-state index contributed by atoms with van der Waals surface area (Å²) in [4.78, 5) is 28.2. The maximum atomic E-state index is 12.9. The molecule has 0 N–H and O–H groups in total. The van der Waals surface area contributed by atoms with Crippen LogP contribution in [0.3, 0.4) is 0 Å². The normalized spacial score (nSPS) is 21.4. The minimum absolute atomic E-state index is 0.0143. The summed E-state index contributed by atoms with van der Waals surface area (Å²) in [6.07, 6.45) is 3.50. The molecule has 3 aliphatic heterocycles. The lowest BCUT2D eigenvalue weighted by molar-refractivity contribution is -0.141. The van der Waals surface area contributed by atoms with Gasteiger partial charge in [0.1, 0.15) is 24.6 Å². The van der Waals surface area contributed by atoms with Crippen LogP contribution in [-0.4, -0.2) is 72.8 Å². The minimum Gasteiger partial charge on any atom is -0.485 e. The summed E-state index contributed by atoms with van der Waals surface area (Å²) in [5.74, 6) is 3.24. The molecule has 0 radical (unpaired) electrons. The third-order valence-electron chi connectivity index (χ3n) is 5.77. The highest BCUT2D eigenvalue weighted by atomic mass is 16.6. The number of carbonyl (C=O) groups excluding carboxylic acids is 1. The van der Waals surface area contributed by atoms with Gasteiger partial charge in [-0.1, -0.05) is 12.1 Å². The van der Waals surface area contributed by atoms with Crippen molar-refractivity contribution in [3.05, 3.63) is 36.7 Å². The Morgan fingerprint density at radius 2 is 1.55 bits per heavy atom. The van der Waals surface area contributed by atoms with Gasteiger partial charge in [0, 0.05) is 45.3 Å². The van der Waals surface area contributed by atoms with Gasteiger partial charge >= 0.3 is 0 Å². The van der Waals surface area contributed by atoms with E-state index < -0.39 is 6.10 Å². The van der Waals surface area contributed by atoms with Crippen molar-refractivity contribution < 1.29 is 14.3 Å². The Bertz CT molecular complexity index is 878. The van der Waals surface area contributed by atoms with Crippen molar-refractivity contribution in [3.8, 4) is 11.5 Å². The molecule has 0 unspecified atom stereocenters. The van der Waals surface area contributed by atoms with Gasteiger partial charge in [0.2, 0.25) is 6.10 Å². The molecule has 0 saturated carbocycles. The maximum Gasteiger partial charge on any atom is 0.267 e. The van der Waals surface area contributed by atoms with Crippen LogP contribution >= 0.6 is 0 Å². The number of anilines is 2. The number of ether oxygens (including phenoxy) is 2. The summed E-state index contributed by atoms with van der Waals surface area (Å²) in [6.45, 7) is 5.14. The molecule has 2 aromatic rings. The monoisotopic (exact) mass is 395 g/mol. The van der Waals surface area contributed by atoms with E-state index in [9.17, 15) is 4.79 Å². The van der Waals surface area contributed by atoms with Crippen molar-refractivity contribution in [2.24, 2.45) is 0 Å². The van der Waals surface area contributed by atoms with Crippen LogP contribution in [0.1, 0.15) is 12.8 Å². The molecule has 5 rings (SSSR count). The molecule has 2 saturated heterocycles. The lowest BCUT2D eigenvalue weighted by Crippen LogP contribution is -2.54. The van der Waals surface area contributed by atoms with Crippen LogP contribution < -0.4 is 19.3 Å². The third-order valence-corrected chi connectivity index (χ3v) is 5.77. The molecule has 8 nitrogen and oxygen atoms in total. The van der Waals surface area contributed by atoms with Crippen LogP contribution in [0.2, 0.25) is 0 Å². The fourth-order valence-corrected chi connectivity index (χ4v) is 4.13. The molecule has 1 aromatic heterocycles. The fraction of sp³-hybridized carbons (Fsp3) is 0.476. The lowest BCUT2D eigenvalue weighted by Gasteiger charge is -2.37. The summed E-state index contributed by atoms with van der Waals surface area (Å²) in [5.41, 5.74) is 0. The first-order valence-corrected chi connectivity index (χ1v) is 10.3. The molecule has 1 amide bonds. The highest BCUT2D eigenvalue weighted by Crippen LogP contribution is 2.31. The quantitative estimate of drug-likeness (QED) is 0.781. The van der Waals surface area contributed by atoms with Crippen LogP contribution in [0.25, 0.3) is 0 Å².